The first-order valence-electron chi connectivity index (χ1n) is 5.90. The smallest absolute Gasteiger partial charge is 0.0933 e. The SMILES string of the molecule is Ic1ccc(C2(N3CCCC3)COC2)cc1. The fourth-order valence-corrected chi connectivity index (χ4v) is 3.09. The summed E-state index contributed by atoms with van der Waals surface area (Å²) in [6.45, 7) is 4.20. The minimum absolute atomic E-state index is 0.195. The highest BCUT2D eigenvalue weighted by Gasteiger charge is 2.46. The molecule has 86 valence electrons. The van der Waals surface area contributed by atoms with Crippen molar-refractivity contribution in [2.24, 2.45) is 0 Å². The van der Waals surface area contributed by atoms with Crippen molar-refractivity contribution < 1.29 is 4.74 Å². The summed E-state index contributed by atoms with van der Waals surface area (Å²) in [5.41, 5.74) is 1.63. The van der Waals surface area contributed by atoms with Crippen molar-refractivity contribution in [1.29, 1.82) is 0 Å². The molecule has 2 aliphatic rings. The van der Waals surface area contributed by atoms with Crippen LogP contribution < -0.4 is 0 Å². The van der Waals surface area contributed by atoms with E-state index in [-0.39, 0.29) is 5.54 Å². The topological polar surface area (TPSA) is 12.5 Å². The van der Waals surface area contributed by atoms with E-state index in [1.165, 1.54) is 35.1 Å². The van der Waals surface area contributed by atoms with Crippen LogP contribution in [0.15, 0.2) is 24.3 Å². The predicted molar refractivity (Wildman–Crippen MR) is 72.5 cm³/mol. The highest BCUT2D eigenvalue weighted by Crippen LogP contribution is 2.38. The molecule has 1 aromatic carbocycles. The van der Waals surface area contributed by atoms with Gasteiger partial charge in [0.15, 0.2) is 0 Å². The molecule has 2 saturated heterocycles. The maximum atomic E-state index is 5.49. The van der Waals surface area contributed by atoms with E-state index in [2.05, 4.69) is 51.8 Å². The van der Waals surface area contributed by atoms with E-state index < -0.39 is 0 Å². The van der Waals surface area contributed by atoms with Gasteiger partial charge in [-0.15, -0.1) is 0 Å². The van der Waals surface area contributed by atoms with Gasteiger partial charge in [0, 0.05) is 3.57 Å². The summed E-state index contributed by atoms with van der Waals surface area (Å²) in [6, 6.07) is 8.93. The lowest BCUT2D eigenvalue weighted by Crippen LogP contribution is -2.58. The van der Waals surface area contributed by atoms with Crippen molar-refractivity contribution in [2.75, 3.05) is 26.3 Å². The highest BCUT2D eigenvalue weighted by molar-refractivity contribution is 14.1. The fourth-order valence-electron chi connectivity index (χ4n) is 2.73. The largest absolute Gasteiger partial charge is 0.377 e. The third kappa shape index (κ3) is 1.69. The summed E-state index contributed by atoms with van der Waals surface area (Å²) < 4.78 is 6.80. The Morgan fingerprint density at radius 2 is 1.69 bits per heavy atom. The van der Waals surface area contributed by atoms with Crippen molar-refractivity contribution in [2.45, 2.75) is 18.4 Å². The summed E-state index contributed by atoms with van der Waals surface area (Å²) in [4.78, 5) is 2.61. The van der Waals surface area contributed by atoms with Crippen LogP contribution in [0.2, 0.25) is 0 Å². The molecule has 0 unspecified atom stereocenters. The van der Waals surface area contributed by atoms with Gasteiger partial charge in [-0.25, -0.2) is 0 Å². The Morgan fingerprint density at radius 1 is 1.06 bits per heavy atom. The van der Waals surface area contributed by atoms with Crippen LogP contribution in [0, 0.1) is 3.57 Å². The first kappa shape index (κ1) is 11.0. The molecule has 1 aromatic rings. The van der Waals surface area contributed by atoms with Crippen LogP contribution in [0.3, 0.4) is 0 Å². The Bertz CT molecular complexity index is 366. The zero-order valence-corrected chi connectivity index (χ0v) is 11.4. The van der Waals surface area contributed by atoms with Gasteiger partial charge >= 0.3 is 0 Å². The molecule has 16 heavy (non-hydrogen) atoms. The summed E-state index contributed by atoms with van der Waals surface area (Å²) >= 11 is 2.36. The number of hydrogen-bond donors (Lipinski definition) is 0. The van der Waals surface area contributed by atoms with E-state index in [4.69, 9.17) is 4.74 Å². The van der Waals surface area contributed by atoms with Crippen molar-refractivity contribution >= 4 is 22.6 Å². The lowest BCUT2D eigenvalue weighted by molar-refractivity contribution is -0.139. The van der Waals surface area contributed by atoms with Crippen LogP contribution in [0.25, 0.3) is 0 Å². The molecule has 0 N–H and O–H groups in total. The first-order valence-corrected chi connectivity index (χ1v) is 6.98. The number of rotatable bonds is 2. The van der Waals surface area contributed by atoms with Gasteiger partial charge in [0.2, 0.25) is 0 Å². The summed E-state index contributed by atoms with van der Waals surface area (Å²) in [6.07, 6.45) is 2.68. The minimum atomic E-state index is 0.195. The van der Waals surface area contributed by atoms with Gasteiger partial charge in [-0.1, -0.05) is 12.1 Å². The maximum absolute atomic E-state index is 5.49. The Balaban J connectivity index is 1.91. The molecular weight excluding hydrogens is 313 g/mol. The number of hydrogen-bond acceptors (Lipinski definition) is 2. The maximum Gasteiger partial charge on any atom is 0.0933 e. The van der Waals surface area contributed by atoms with Crippen LogP contribution in [0.1, 0.15) is 18.4 Å². The average Bonchev–Trinajstić information content (AvgIpc) is 2.73. The first-order chi connectivity index (χ1) is 7.81. The Kier molecular flexibility index (Phi) is 2.94. The third-order valence-electron chi connectivity index (χ3n) is 3.77. The summed E-state index contributed by atoms with van der Waals surface area (Å²) in [7, 11) is 0. The van der Waals surface area contributed by atoms with Crippen molar-refractivity contribution in [3.63, 3.8) is 0 Å². The predicted octanol–water partition coefficient (Wildman–Crippen LogP) is 2.61. The quantitative estimate of drug-likeness (QED) is 0.774. The molecule has 2 heterocycles. The van der Waals surface area contributed by atoms with Gasteiger partial charge in [-0.3, -0.25) is 4.90 Å². The molecule has 2 nitrogen and oxygen atoms in total. The molecule has 0 radical (unpaired) electrons. The Morgan fingerprint density at radius 3 is 2.19 bits per heavy atom. The zero-order valence-electron chi connectivity index (χ0n) is 9.29. The van der Waals surface area contributed by atoms with E-state index >= 15 is 0 Å². The second-order valence-corrected chi connectivity index (χ2v) is 5.97. The van der Waals surface area contributed by atoms with E-state index in [0.29, 0.717) is 0 Å². The lowest BCUT2D eigenvalue weighted by Gasteiger charge is -2.48. The van der Waals surface area contributed by atoms with Gasteiger partial charge in [0.25, 0.3) is 0 Å². The molecule has 2 fully saturated rings. The van der Waals surface area contributed by atoms with Crippen molar-refractivity contribution in [3.8, 4) is 0 Å². The molecule has 0 saturated carbocycles. The van der Waals surface area contributed by atoms with Crippen LogP contribution in [-0.2, 0) is 10.3 Å². The molecule has 0 amide bonds. The second-order valence-electron chi connectivity index (χ2n) is 4.73. The molecule has 0 spiro atoms. The third-order valence-corrected chi connectivity index (χ3v) is 4.49. The molecule has 0 aliphatic carbocycles. The van der Waals surface area contributed by atoms with Gasteiger partial charge in [0.1, 0.15) is 0 Å². The van der Waals surface area contributed by atoms with E-state index in [1.54, 1.807) is 0 Å². The lowest BCUT2D eigenvalue weighted by atomic mass is 9.86. The van der Waals surface area contributed by atoms with E-state index in [1.807, 2.05) is 0 Å². The van der Waals surface area contributed by atoms with Crippen LogP contribution in [0.5, 0.6) is 0 Å². The monoisotopic (exact) mass is 329 g/mol. The Hall–Kier alpha value is -0.130. The standard InChI is InChI=1S/C13H16INO/c14-12-5-3-11(4-6-12)13(9-16-10-13)15-7-1-2-8-15/h3-6H,1-2,7-10H2. The second kappa shape index (κ2) is 4.27. The average molecular weight is 329 g/mol. The molecule has 3 heteroatoms. The van der Waals surface area contributed by atoms with Crippen molar-refractivity contribution in [1.82, 2.24) is 4.90 Å². The number of nitrogens with zero attached hydrogens (tertiary/aromatic N) is 1. The highest BCUT2D eigenvalue weighted by atomic mass is 127. The molecule has 3 rings (SSSR count). The van der Waals surface area contributed by atoms with Gasteiger partial charge in [-0.2, -0.15) is 0 Å². The fraction of sp³-hybridized carbons (Fsp3) is 0.538. The molecule has 0 bridgehead atoms. The molecule has 0 atom stereocenters. The number of halogens is 1. The molecular formula is C13H16INO. The van der Waals surface area contributed by atoms with Gasteiger partial charge in [-0.05, 0) is 66.2 Å². The molecule has 2 aliphatic heterocycles. The molecule has 0 aromatic heterocycles. The van der Waals surface area contributed by atoms with Gasteiger partial charge in [0.05, 0.1) is 18.8 Å². The van der Waals surface area contributed by atoms with E-state index in [9.17, 15) is 0 Å². The van der Waals surface area contributed by atoms with Crippen LogP contribution in [0.4, 0.5) is 0 Å². The van der Waals surface area contributed by atoms with Crippen LogP contribution in [-0.4, -0.2) is 31.2 Å². The normalized spacial score (nSPS) is 24.3. The Labute approximate surface area is 110 Å². The number of ether oxygens (including phenoxy) is 1. The number of benzene rings is 1. The van der Waals surface area contributed by atoms with Crippen molar-refractivity contribution in [3.05, 3.63) is 33.4 Å². The minimum Gasteiger partial charge on any atom is -0.377 e. The summed E-state index contributed by atoms with van der Waals surface area (Å²) in [5.74, 6) is 0. The summed E-state index contributed by atoms with van der Waals surface area (Å²) in [5, 5.41) is 0. The van der Waals surface area contributed by atoms with E-state index in [0.717, 1.165) is 13.2 Å². The number of likely N-dealkylation sites (tertiary alicyclic amines) is 1. The van der Waals surface area contributed by atoms with Crippen LogP contribution >= 0.6 is 22.6 Å². The zero-order chi connectivity index (χ0) is 11.0. The van der Waals surface area contributed by atoms with Gasteiger partial charge < -0.3 is 4.74 Å².